The van der Waals surface area contributed by atoms with Crippen LogP contribution in [0.4, 0.5) is 18.9 Å². The number of hydrogen-bond donors (Lipinski definition) is 2. The second-order valence-corrected chi connectivity index (χ2v) is 11.2. The van der Waals surface area contributed by atoms with Crippen molar-refractivity contribution in [3.8, 4) is 0 Å². The molecule has 0 amide bonds. The fourth-order valence-electron chi connectivity index (χ4n) is 3.99. The third kappa shape index (κ3) is 6.74. The first-order chi connectivity index (χ1) is 14.0. The summed E-state index contributed by atoms with van der Waals surface area (Å²) in [5, 5.41) is 0. The summed E-state index contributed by atoms with van der Waals surface area (Å²) in [6.45, 7) is 3.94. The van der Waals surface area contributed by atoms with Gasteiger partial charge in [0.05, 0.1) is 22.5 Å². The third-order valence-corrected chi connectivity index (χ3v) is 7.39. The smallest absolute Gasteiger partial charge is 0.286 e. The number of fused-ring (bicyclic) bond motifs is 1. The van der Waals surface area contributed by atoms with Crippen LogP contribution in [-0.2, 0) is 31.8 Å². The molecule has 0 spiro atoms. The second-order valence-electron chi connectivity index (χ2n) is 8.04. The molecule has 1 heterocycles. The number of unbranched alkanes of at least 4 members (excludes halogenated alkanes) is 2. The van der Waals surface area contributed by atoms with E-state index in [1.165, 1.54) is 6.07 Å². The van der Waals surface area contributed by atoms with Gasteiger partial charge in [-0.15, -0.1) is 0 Å². The molecule has 1 aromatic carbocycles. The molecule has 0 radical (unpaired) electrons. The Morgan fingerprint density at radius 1 is 0.968 bits per heavy atom. The molecule has 1 atom stereocenters. The molecule has 0 aliphatic carbocycles. The van der Waals surface area contributed by atoms with Crippen molar-refractivity contribution in [2.24, 2.45) is 0 Å². The Kier molecular flexibility index (Phi) is 7.61. The zero-order valence-corrected chi connectivity index (χ0v) is 18.9. The Bertz CT molecular complexity index is 1060. The Balaban J connectivity index is 2.32. The van der Waals surface area contributed by atoms with Crippen LogP contribution < -0.4 is 0 Å². The first kappa shape index (κ1) is 25.8. The first-order valence-electron chi connectivity index (χ1n) is 9.78. The lowest BCUT2D eigenvalue weighted by atomic mass is 9.76. The average molecular weight is 487 g/mol. The molecule has 0 aromatic heterocycles. The minimum Gasteiger partial charge on any atom is -0.286 e. The third-order valence-electron chi connectivity index (χ3n) is 5.78. The molecule has 0 saturated heterocycles. The van der Waals surface area contributed by atoms with Gasteiger partial charge in [-0.25, -0.2) is 0 Å². The molecular formula is C19H27F3NO6S2+. The van der Waals surface area contributed by atoms with Gasteiger partial charge in [-0.3, -0.25) is 9.11 Å². The average Bonchev–Trinajstić information content (AvgIpc) is 2.81. The molecule has 12 heteroatoms. The van der Waals surface area contributed by atoms with E-state index in [0.717, 1.165) is 17.8 Å². The highest BCUT2D eigenvalue weighted by Crippen LogP contribution is 2.45. The molecule has 1 unspecified atom stereocenters. The summed E-state index contributed by atoms with van der Waals surface area (Å²) < 4.78 is 103. The molecule has 1 aliphatic heterocycles. The summed E-state index contributed by atoms with van der Waals surface area (Å²) in [5.41, 5.74) is 0.413. The molecule has 176 valence electrons. The van der Waals surface area contributed by atoms with Crippen molar-refractivity contribution in [3.63, 3.8) is 0 Å². The van der Waals surface area contributed by atoms with E-state index in [9.17, 15) is 30.0 Å². The lowest BCUT2D eigenvalue weighted by Gasteiger charge is -2.22. The number of nitrogens with zero attached hydrogens (tertiary/aromatic N) is 1. The molecule has 2 N–H and O–H groups in total. The molecule has 7 nitrogen and oxygen atoms in total. The van der Waals surface area contributed by atoms with E-state index in [1.54, 1.807) is 11.5 Å². The number of benzene rings is 1. The van der Waals surface area contributed by atoms with Crippen LogP contribution in [0.3, 0.4) is 0 Å². The van der Waals surface area contributed by atoms with E-state index < -0.39 is 43.1 Å². The van der Waals surface area contributed by atoms with Crippen molar-refractivity contribution in [3.05, 3.63) is 29.3 Å². The van der Waals surface area contributed by atoms with Gasteiger partial charge in [-0.1, -0.05) is 12.5 Å². The highest BCUT2D eigenvalue weighted by atomic mass is 32.2. The summed E-state index contributed by atoms with van der Waals surface area (Å²) in [4.78, 5) is 0. The quantitative estimate of drug-likeness (QED) is 0.296. The van der Waals surface area contributed by atoms with Crippen molar-refractivity contribution < 1.29 is 43.7 Å². The van der Waals surface area contributed by atoms with E-state index in [2.05, 4.69) is 0 Å². The van der Waals surface area contributed by atoms with Gasteiger partial charge in [-0.05, 0) is 32.3 Å². The lowest BCUT2D eigenvalue weighted by molar-refractivity contribution is -0.439. The first-order valence-corrected chi connectivity index (χ1v) is 13.0. The Labute approximate surface area is 180 Å². The second kappa shape index (κ2) is 9.16. The summed E-state index contributed by atoms with van der Waals surface area (Å²) in [6, 6.07) is 3.53. The number of halogens is 3. The van der Waals surface area contributed by atoms with Gasteiger partial charge in [-0.2, -0.15) is 34.6 Å². The summed E-state index contributed by atoms with van der Waals surface area (Å²) in [7, 11) is -8.20. The predicted molar refractivity (Wildman–Crippen MR) is 110 cm³/mol. The van der Waals surface area contributed by atoms with Crippen molar-refractivity contribution in [2.75, 3.05) is 18.1 Å². The van der Waals surface area contributed by atoms with Crippen molar-refractivity contribution in [1.82, 2.24) is 0 Å². The van der Waals surface area contributed by atoms with E-state index in [-0.39, 0.29) is 25.1 Å². The van der Waals surface area contributed by atoms with Crippen LogP contribution in [0.25, 0.3) is 0 Å². The SMILES string of the molecule is CC1=[N+](CCCCS(=O)(=O)O)c2cc(C(F)(F)F)ccc2C1(C)CCCCS(=O)(=O)O. The maximum absolute atomic E-state index is 13.3. The fourth-order valence-corrected chi connectivity index (χ4v) is 5.13. The van der Waals surface area contributed by atoms with E-state index in [1.807, 2.05) is 6.92 Å². The summed E-state index contributed by atoms with van der Waals surface area (Å²) in [5.74, 6) is -0.816. The fraction of sp³-hybridized carbons (Fsp3) is 0.632. The standard InChI is InChI=1S/C19H26F3NO6S2/c1-14-18(2,9-3-5-11-30(24,25)26)16-8-7-15(19(20,21)22)13-17(16)23(14)10-4-6-12-31(27,28)29/h7-8,13H,3-6,9-12H2,1-2H3,(H-,24,25,26,27,28,29)/p+1. The molecule has 0 saturated carbocycles. The van der Waals surface area contributed by atoms with Crippen LogP contribution in [0, 0.1) is 0 Å². The maximum atomic E-state index is 13.3. The Hall–Kier alpha value is -1.50. The zero-order chi connectivity index (χ0) is 23.7. The Morgan fingerprint density at radius 3 is 2.03 bits per heavy atom. The van der Waals surface area contributed by atoms with Crippen LogP contribution >= 0.6 is 0 Å². The van der Waals surface area contributed by atoms with Gasteiger partial charge in [0.25, 0.3) is 20.2 Å². The molecular weight excluding hydrogens is 459 g/mol. The maximum Gasteiger partial charge on any atom is 0.416 e. The molecule has 2 rings (SSSR count). The van der Waals surface area contributed by atoms with Gasteiger partial charge in [0.1, 0.15) is 6.54 Å². The molecule has 1 aromatic rings. The van der Waals surface area contributed by atoms with E-state index >= 15 is 0 Å². The highest BCUT2D eigenvalue weighted by molar-refractivity contribution is 7.86. The van der Waals surface area contributed by atoms with Gasteiger partial charge in [0, 0.05) is 25.0 Å². The zero-order valence-electron chi connectivity index (χ0n) is 17.3. The van der Waals surface area contributed by atoms with Gasteiger partial charge >= 0.3 is 6.18 Å². The normalized spacial score (nSPS) is 19.7. The molecule has 31 heavy (non-hydrogen) atoms. The van der Waals surface area contributed by atoms with Crippen LogP contribution in [0.15, 0.2) is 18.2 Å². The van der Waals surface area contributed by atoms with Crippen LogP contribution in [0.2, 0.25) is 0 Å². The van der Waals surface area contributed by atoms with Crippen LogP contribution in [-0.4, -0.2) is 54.3 Å². The minimum atomic E-state index is -4.52. The Morgan fingerprint density at radius 2 is 1.52 bits per heavy atom. The van der Waals surface area contributed by atoms with Crippen molar-refractivity contribution in [2.45, 2.75) is 57.5 Å². The van der Waals surface area contributed by atoms with E-state index in [0.29, 0.717) is 30.5 Å². The highest BCUT2D eigenvalue weighted by Gasteiger charge is 2.47. The largest absolute Gasteiger partial charge is 0.416 e. The number of rotatable bonds is 10. The summed E-state index contributed by atoms with van der Waals surface area (Å²) in [6.07, 6.45) is -2.91. The van der Waals surface area contributed by atoms with Crippen molar-refractivity contribution in [1.29, 1.82) is 0 Å². The van der Waals surface area contributed by atoms with Gasteiger partial charge in [0.15, 0.2) is 5.71 Å². The summed E-state index contributed by atoms with van der Waals surface area (Å²) >= 11 is 0. The number of hydrogen-bond acceptors (Lipinski definition) is 4. The monoisotopic (exact) mass is 486 g/mol. The van der Waals surface area contributed by atoms with Gasteiger partial charge in [0.2, 0.25) is 5.69 Å². The topological polar surface area (TPSA) is 112 Å². The minimum absolute atomic E-state index is 0.155. The lowest BCUT2D eigenvalue weighted by Crippen LogP contribution is -2.30. The van der Waals surface area contributed by atoms with Crippen LogP contribution in [0.5, 0.6) is 0 Å². The molecule has 1 aliphatic rings. The van der Waals surface area contributed by atoms with E-state index in [4.69, 9.17) is 9.11 Å². The van der Waals surface area contributed by atoms with Crippen molar-refractivity contribution >= 4 is 31.6 Å². The predicted octanol–water partition coefficient (Wildman–Crippen LogP) is 3.81. The molecule has 0 bridgehead atoms. The molecule has 0 fully saturated rings. The van der Waals surface area contributed by atoms with Crippen LogP contribution in [0.1, 0.15) is 57.1 Å². The number of alkyl halides is 3. The van der Waals surface area contributed by atoms with Gasteiger partial charge < -0.3 is 0 Å².